The second-order valence-corrected chi connectivity index (χ2v) is 8.10. The predicted molar refractivity (Wildman–Crippen MR) is 109 cm³/mol. The van der Waals surface area contributed by atoms with Crippen molar-refractivity contribution < 1.29 is 29.1 Å². The summed E-state index contributed by atoms with van der Waals surface area (Å²) in [6, 6.07) is -0.832. The molecule has 3 N–H and O–H groups in total. The van der Waals surface area contributed by atoms with Crippen LogP contribution in [0.2, 0.25) is 0 Å². The minimum absolute atomic E-state index is 0.0325. The van der Waals surface area contributed by atoms with E-state index in [1.165, 1.54) is 11.5 Å². The lowest BCUT2D eigenvalue weighted by Gasteiger charge is -2.21. The van der Waals surface area contributed by atoms with E-state index in [-0.39, 0.29) is 29.6 Å². The van der Waals surface area contributed by atoms with Crippen molar-refractivity contribution in [3.8, 4) is 0 Å². The molecule has 3 rings (SSSR count). The normalized spacial score (nSPS) is 14.6. The third kappa shape index (κ3) is 3.94. The number of carboxylic acids is 2. The van der Waals surface area contributed by atoms with Crippen LogP contribution in [-0.4, -0.2) is 37.7 Å². The summed E-state index contributed by atoms with van der Waals surface area (Å²) in [5, 5.41) is 33.0. The van der Waals surface area contributed by atoms with E-state index in [2.05, 4.69) is 5.32 Å². The van der Waals surface area contributed by atoms with Crippen molar-refractivity contribution in [2.45, 2.75) is 52.1 Å². The molecule has 0 bridgehead atoms. The van der Waals surface area contributed by atoms with Crippen LogP contribution in [0.3, 0.4) is 0 Å². The number of fused-ring (bicyclic) bond motifs is 1. The lowest BCUT2D eigenvalue weighted by Crippen LogP contribution is -2.32. The number of pyridine rings is 1. The van der Waals surface area contributed by atoms with Gasteiger partial charge in [-0.1, -0.05) is 13.8 Å². The fourth-order valence-corrected chi connectivity index (χ4v) is 3.85. The Morgan fingerprint density at radius 2 is 1.97 bits per heavy atom. The molecule has 11 heteroatoms. The van der Waals surface area contributed by atoms with Gasteiger partial charge in [0.15, 0.2) is 11.5 Å². The average Bonchev–Trinajstić information content (AvgIpc) is 3.46. The molecule has 1 saturated carbocycles. The van der Waals surface area contributed by atoms with Crippen LogP contribution in [0.1, 0.15) is 55.2 Å². The van der Waals surface area contributed by atoms with Crippen molar-refractivity contribution in [2.75, 3.05) is 5.32 Å². The van der Waals surface area contributed by atoms with Gasteiger partial charge in [0.25, 0.3) is 0 Å². The first-order valence-electron chi connectivity index (χ1n) is 9.74. The summed E-state index contributed by atoms with van der Waals surface area (Å²) >= 11 is 0. The van der Waals surface area contributed by atoms with E-state index in [0.29, 0.717) is 12.8 Å². The van der Waals surface area contributed by atoms with Crippen LogP contribution in [0.25, 0.3) is 10.9 Å². The van der Waals surface area contributed by atoms with Gasteiger partial charge < -0.3 is 20.1 Å². The number of hydrogen-bond acceptors (Lipinski definition) is 6. The lowest BCUT2D eigenvalue weighted by atomic mass is 10.0. The quantitative estimate of drug-likeness (QED) is 0.422. The SMILES string of the molecule is Cc1c(C(=O)O)c(=O)c2cc(F)c(NC(CC(C)C)C(=O)O)c([N+](=O)[O-])c2n1C1CC1. The van der Waals surface area contributed by atoms with Crippen LogP contribution in [0.5, 0.6) is 0 Å². The van der Waals surface area contributed by atoms with E-state index in [1.807, 2.05) is 0 Å². The number of carbonyl (C=O) groups is 2. The van der Waals surface area contributed by atoms with Gasteiger partial charge in [0, 0.05) is 11.7 Å². The van der Waals surface area contributed by atoms with Gasteiger partial charge in [-0.05, 0) is 38.2 Å². The van der Waals surface area contributed by atoms with Crippen molar-refractivity contribution in [1.82, 2.24) is 4.57 Å². The van der Waals surface area contributed by atoms with E-state index in [1.54, 1.807) is 13.8 Å². The summed E-state index contributed by atoms with van der Waals surface area (Å²) in [5.74, 6) is -4.11. The highest BCUT2D eigenvalue weighted by atomic mass is 19.1. The van der Waals surface area contributed by atoms with E-state index in [0.717, 1.165) is 6.07 Å². The van der Waals surface area contributed by atoms with Crippen molar-refractivity contribution in [3.63, 3.8) is 0 Å². The summed E-state index contributed by atoms with van der Waals surface area (Å²) in [6.45, 7) is 4.89. The van der Waals surface area contributed by atoms with E-state index >= 15 is 4.39 Å². The highest BCUT2D eigenvalue weighted by Gasteiger charge is 2.36. The van der Waals surface area contributed by atoms with Crippen molar-refractivity contribution in [2.24, 2.45) is 5.92 Å². The number of aromatic carboxylic acids is 1. The molecule has 1 unspecified atom stereocenters. The zero-order valence-electron chi connectivity index (χ0n) is 17.1. The topological polar surface area (TPSA) is 152 Å². The summed E-state index contributed by atoms with van der Waals surface area (Å²) in [6.07, 6.45) is 1.30. The summed E-state index contributed by atoms with van der Waals surface area (Å²) in [5.41, 5.74) is -3.20. The molecule has 1 aliphatic rings. The molecule has 0 saturated heterocycles. The summed E-state index contributed by atoms with van der Waals surface area (Å²) in [7, 11) is 0. The fraction of sp³-hybridized carbons (Fsp3) is 0.450. The maximum Gasteiger partial charge on any atom is 0.341 e. The number of aliphatic carboxylic acids is 1. The summed E-state index contributed by atoms with van der Waals surface area (Å²) in [4.78, 5) is 47.2. The number of aromatic nitrogens is 1. The molecule has 0 aliphatic heterocycles. The molecule has 0 radical (unpaired) electrons. The molecule has 0 amide bonds. The zero-order valence-corrected chi connectivity index (χ0v) is 17.1. The zero-order chi connectivity index (χ0) is 23.2. The number of nitrogens with zero attached hydrogens (tertiary/aromatic N) is 2. The molecule has 10 nitrogen and oxygen atoms in total. The number of benzene rings is 1. The van der Waals surface area contributed by atoms with Crippen LogP contribution in [0.4, 0.5) is 15.8 Å². The Hall–Kier alpha value is -3.50. The Morgan fingerprint density at radius 3 is 2.42 bits per heavy atom. The van der Waals surface area contributed by atoms with Gasteiger partial charge in [0.2, 0.25) is 5.43 Å². The van der Waals surface area contributed by atoms with E-state index < -0.39 is 56.5 Å². The van der Waals surface area contributed by atoms with Crippen LogP contribution >= 0.6 is 0 Å². The molecule has 166 valence electrons. The molecular weight excluding hydrogens is 413 g/mol. The number of nitro groups is 1. The maximum atomic E-state index is 15.0. The molecule has 1 fully saturated rings. The van der Waals surface area contributed by atoms with E-state index in [4.69, 9.17) is 0 Å². The van der Waals surface area contributed by atoms with Crippen LogP contribution in [-0.2, 0) is 4.79 Å². The molecule has 31 heavy (non-hydrogen) atoms. The second kappa shape index (κ2) is 7.97. The first kappa shape index (κ1) is 22.2. The van der Waals surface area contributed by atoms with Gasteiger partial charge in [-0.25, -0.2) is 14.0 Å². The lowest BCUT2D eigenvalue weighted by molar-refractivity contribution is -0.382. The highest BCUT2D eigenvalue weighted by Crippen LogP contribution is 2.43. The van der Waals surface area contributed by atoms with Gasteiger partial charge in [-0.15, -0.1) is 0 Å². The largest absolute Gasteiger partial charge is 0.480 e. The number of nitrogens with one attached hydrogen (secondary N) is 1. The fourth-order valence-electron chi connectivity index (χ4n) is 3.85. The highest BCUT2D eigenvalue weighted by molar-refractivity contribution is 6.00. The molecule has 1 heterocycles. The molecular formula is C20H22FN3O7. The average molecular weight is 435 g/mol. The smallest absolute Gasteiger partial charge is 0.341 e. The molecule has 2 aromatic rings. The van der Waals surface area contributed by atoms with Crippen molar-refractivity contribution >= 4 is 34.2 Å². The monoisotopic (exact) mass is 435 g/mol. The maximum absolute atomic E-state index is 15.0. The standard InChI is InChI=1S/C20H22FN3O7/c1-8(2)6-13(19(26)27)22-15-12(21)7-11-16(17(15)24(30)31)23(10-4-5-10)9(3)14(18(11)25)20(28)29/h7-8,10,13,22H,4-6H2,1-3H3,(H,26,27)(H,28,29). The van der Waals surface area contributed by atoms with E-state index in [9.17, 15) is 34.7 Å². The first-order chi connectivity index (χ1) is 14.5. The van der Waals surface area contributed by atoms with Crippen LogP contribution in [0, 0.1) is 28.8 Å². The van der Waals surface area contributed by atoms with Gasteiger partial charge >= 0.3 is 17.6 Å². The van der Waals surface area contributed by atoms with Crippen molar-refractivity contribution in [1.29, 1.82) is 0 Å². The number of rotatable bonds is 8. The summed E-state index contributed by atoms with van der Waals surface area (Å²) < 4.78 is 16.4. The number of anilines is 1. The van der Waals surface area contributed by atoms with Crippen LogP contribution < -0.4 is 10.7 Å². The first-order valence-corrected chi connectivity index (χ1v) is 9.74. The molecule has 1 aromatic carbocycles. The van der Waals surface area contributed by atoms with Gasteiger partial charge in [-0.3, -0.25) is 14.9 Å². The number of halogens is 1. The Balaban J connectivity index is 2.41. The number of carboxylic acid groups (broad SMARTS) is 2. The Kier molecular flexibility index (Phi) is 5.70. The minimum atomic E-state index is -1.51. The van der Waals surface area contributed by atoms with Gasteiger partial charge in [0.05, 0.1) is 10.3 Å². The Bertz CT molecular complexity index is 1170. The third-order valence-corrected chi connectivity index (χ3v) is 5.29. The van der Waals surface area contributed by atoms with Gasteiger partial charge in [-0.2, -0.15) is 0 Å². The van der Waals surface area contributed by atoms with Crippen LogP contribution in [0.15, 0.2) is 10.9 Å². The Morgan fingerprint density at radius 1 is 1.35 bits per heavy atom. The molecule has 1 aromatic heterocycles. The van der Waals surface area contributed by atoms with Gasteiger partial charge in [0.1, 0.15) is 17.1 Å². The van der Waals surface area contributed by atoms with Crippen molar-refractivity contribution in [3.05, 3.63) is 43.5 Å². The second-order valence-electron chi connectivity index (χ2n) is 8.10. The number of hydrogen-bond donors (Lipinski definition) is 3. The third-order valence-electron chi connectivity index (χ3n) is 5.29. The number of nitro benzene ring substituents is 1. The predicted octanol–water partition coefficient (Wildman–Crippen LogP) is 3.30. The molecule has 0 spiro atoms. The molecule has 1 aliphatic carbocycles. The molecule has 1 atom stereocenters. The Labute approximate surface area is 175 Å². The minimum Gasteiger partial charge on any atom is -0.480 e.